The van der Waals surface area contributed by atoms with Crippen molar-refractivity contribution < 1.29 is 14.3 Å². The van der Waals surface area contributed by atoms with Crippen molar-refractivity contribution in [2.45, 2.75) is 52.3 Å². The molecule has 0 unspecified atom stereocenters. The molecule has 1 N–H and O–H groups in total. The number of hydrogen-bond donors (Lipinski definition) is 1. The monoisotopic (exact) mass is 603 g/mol. The molecular formula is C37H41N5O3. The van der Waals surface area contributed by atoms with E-state index in [0.29, 0.717) is 26.2 Å². The summed E-state index contributed by atoms with van der Waals surface area (Å²) in [5, 5.41) is 3.77. The van der Waals surface area contributed by atoms with Crippen LogP contribution in [-0.4, -0.2) is 57.7 Å². The number of hydrogen-bond acceptors (Lipinski definition) is 7. The number of piperidine rings is 1. The third-order valence-electron chi connectivity index (χ3n) is 8.38. The van der Waals surface area contributed by atoms with E-state index in [0.717, 1.165) is 83.3 Å². The highest BCUT2D eigenvalue weighted by Crippen LogP contribution is 2.28. The Balaban J connectivity index is 1.10. The van der Waals surface area contributed by atoms with Crippen LogP contribution in [0.5, 0.6) is 5.75 Å². The maximum Gasteiger partial charge on any atom is 0.310 e. The summed E-state index contributed by atoms with van der Waals surface area (Å²) in [4.78, 5) is 24.6. The Bertz CT molecular complexity index is 1710. The third kappa shape index (κ3) is 7.88. The van der Waals surface area contributed by atoms with Gasteiger partial charge in [-0.25, -0.2) is 4.98 Å². The molecule has 232 valence electrons. The Hall–Kier alpha value is -4.69. The summed E-state index contributed by atoms with van der Waals surface area (Å²) in [6.07, 6.45) is 2.27. The van der Waals surface area contributed by atoms with E-state index in [1.807, 2.05) is 67.6 Å². The number of aryl methyl sites for hydroxylation is 2. The fourth-order valence-electron chi connectivity index (χ4n) is 5.87. The molecule has 1 fully saturated rings. The summed E-state index contributed by atoms with van der Waals surface area (Å²) in [5.74, 6) is 1.45. The molecule has 0 atom stereocenters. The molecule has 1 aliphatic heterocycles. The van der Waals surface area contributed by atoms with Crippen LogP contribution in [0.1, 0.15) is 40.9 Å². The second-order valence-electron chi connectivity index (χ2n) is 11.8. The molecule has 45 heavy (non-hydrogen) atoms. The third-order valence-corrected chi connectivity index (χ3v) is 8.38. The van der Waals surface area contributed by atoms with E-state index in [1.54, 1.807) is 0 Å². The molecule has 2 aromatic heterocycles. The van der Waals surface area contributed by atoms with Crippen LogP contribution in [0.25, 0.3) is 11.0 Å². The lowest BCUT2D eigenvalue weighted by Crippen LogP contribution is -2.41. The van der Waals surface area contributed by atoms with E-state index in [2.05, 4.69) is 52.0 Å². The summed E-state index contributed by atoms with van der Waals surface area (Å²) >= 11 is 0. The van der Waals surface area contributed by atoms with E-state index in [4.69, 9.17) is 19.4 Å². The largest absolute Gasteiger partial charge is 0.487 e. The predicted molar refractivity (Wildman–Crippen MR) is 178 cm³/mol. The zero-order valence-corrected chi connectivity index (χ0v) is 26.1. The van der Waals surface area contributed by atoms with Gasteiger partial charge in [0.05, 0.1) is 24.0 Å². The molecule has 1 aliphatic rings. The normalized spacial score (nSPS) is 14.0. The zero-order chi connectivity index (χ0) is 31.0. The van der Waals surface area contributed by atoms with Crippen molar-refractivity contribution in [3.05, 3.63) is 119 Å². The molecule has 3 aromatic carbocycles. The van der Waals surface area contributed by atoms with Crippen LogP contribution >= 0.6 is 0 Å². The average molecular weight is 604 g/mol. The number of nitrogens with zero attached hydrogens (tertiary/aromatic N) is 4. The topological polar surface area (TPSA) is 81.5 Å². The number of benzene rings is 3. The predicted octanol–water partition coefficient (Wildman–Crippen LogP) is 6.34. The van der Waals surface area contributed by atoms with Gasteiger partial charge in [0.2, 0.25) is 5.95 Å². The Morgan fingerprint density at radius 3 is 2.36 bits per heavy atom. The first-order valence-electron chi connectivity index (χ1n) is 15.8. The maximum atomic E-state index is 12.2. The quantitative estimate of drug-likeness (QED) is 0.167. The van der Waals surface area contributed by atoms with Gasteiger partial charge in [-0.05, 0) is 61.6 Å². The van der Waals surface area contributed by atoms with Crippen LogP contribution in [0.4, 0.5) is 5.95 Å². The first kappa shape index (κ1) is 30.3. The number of ether oxygens (including phenoxy) is 2. The van der Waals surface area contributed by atoms with Crippen LogP contribution in [0, 0.1) is 13.8 Å². The van der Waals surface area contributed by atoms with Gasteiger partial charge < -0.3 is 19.4 Å². The van der Waals surface area contributed by atoms with Crippen molar-refractivity contribution in [2.75, 3.05) is 31.6 Å². The molecule has 0 amide bonds. The van der Waals surface area contributed by atoms with Gasteiger partial charge in [-0.2, -0.15) is 0 Å². The van der Waals surface area contributed by atoms with E-state index in [-0.39, 0.29) is 12.0 Å². The van der Waals surface area contributed by atoms with Crippen molar-refractivity contribution in [3.63, 3.8) is 0 Å². The lowest BCUT2D eigenvalue weighted by atomic mass is 10.1. The summed E-state index contributed by atoms with van der Waals surface area (Å²) < 4.78 is 14.0. The number of carbonyl (C=O) groups is 1. The minimum absolute atomic E-state index is 0.177. The van der Waals surface area contributed by atoms with Gasteiger partial charge in [-0.1, -0.05) is 72.8 Å². The Kier molecular flexibility index (Phi) is 9.71. The van der Waals surface area contributed by atoms with Gasteiger partial charge in [0.15, 0.2) is 0 Å². The standard InChI is InChI=1S/C37H41N5O3/c1-27-10-9-15-33-36(27)40-37(42(33)25-32-34(17-16-28(2)38-32)45-26-30-13-7-4-8-14-30)39-31-18-20-41(21-19-31)22-23-44-35(43)24-29-11-5-3-6-12-29/h3-17,31H,18-26H2,1-2H3,(H,39,40). The van der Waals surface area contributed by atoms with Crippen molar-refractivity contribution in [3.8, 4) is 5.75 Å². The summed E-state index contributed by atoms with van der Waals surface area (Å²) in [6.45, 7) is 8.17. The zero-order valence-electron chi connectivity index (χ0n) is 26.1. The number of anilines is 1. The summed E-state index contributed by atoms with van der Waals surface area (Å²) in [7, 11) is 0. The Morgan fingerprint density at radius 1 is 0.867 bits per heavy atom. The highest BCUT2D eigenvalue weighted by molar-refractivity contribution is 5.82. The van der Waals surface area contributed by atoms with Crippen molar-refractivity contribution in [1.82, 2.24) is 19.4 Å². The van der Waals surface area contributed by atoms with Gasteiger partial charge in [0.25, 0.3) is 0 Å². The number of nitrogens with one attached hydrogen (secondary N) is 1. The van der Waals surface area contributed by atoms with Gasteiger partial charge in [0.1, 0.15) is 24.7 Å². The molecule has 3 heterocycles. The van der Waals surface area contributed by atoms with Gasteiger partial charge in [-0.3, -0.25) is 14.7 Å². The molecule has 8 nitrogen and oxygen atoms in total. The van der Waals surface area contributed by atoms with Gasteiger partial charge in [0, 0.05) is 31.4 Å². The number of esters is 1. The summed E-state index contributed by atoms with van der Waals surface area (Å²) in [6, 6.07) is 30.6. The van der Waals surface area contributed by atoms with Gasteiger partial charge >= 0.3 is 5.97 Å². The number of imidazole rings is 1. The van der Waals surface area contributed by atoms with Crippen LogP contribution in [0.15, 0.2) is 91.0 Å². The Labute approximate surface area is 265 Å². The van der Waals surface area contributed by atoms with Crippen LogP contribution < -0.4 is 10.1 Å². The molecule has 0 radical (unpaired) electrons. The average Bonchev–Trinajstić information content (AvgIpc) is 3.40. The number of para-hydroxylation sites is 1. The van der Waals surface area contributed by atoms with E-state index >= 15 is 0 Å². The number of pyridine rings is 1. The molecule has 0 bridgehead atoms. The molecule has 6 rings (SSSR count). The molecule has 0 spiro atoms. The lowest BCUT2D eigenvalue weighted by Gasteiger charge is -2.32. The fraction of sp³-hybridized carbons (Fsp3) is 0.324. The number of likely N-dealkylation sites (tertiary alicyclic amines) is 1. The summed E-state index contributed by atoms with van der Waals surface area (Å²) in [5.41, 5.74) is 7.13. The van der Waals surface area contributed by atoms with Crippen LogP contribution in [-0.2, 0) is 29.1 Å². The Morgan fingerprint density at radius 2 is 1.60 bits per heavy atom. The number of aromatic nitrogens is 3. The van der Waals surface area contributed by atoms with Gasteiger partial charge in [-0.15, -0.1) is 0 Å². The van der Waals surface area contributed by atoms with Crippen LogP contribution in [0.3, 0.4) is 0 Å². The van der Waals surface area contributed by atoms with Crippen molar-refractivity contribution in [2.24, 2.45) is 0 Å². The highest BCUT2D eigenvalue weighted by atomic mass is 16.5. The molecular weight excluding hydrogens is 562 g/mol. The minimum atomic E-state index is -0.177. The van der Waals surface area contributed by atoms with E-state index in [1.165, 1.54) is 0 Å². The number of rotatable bonds is 12. The second kappa shape index (κ2) is 14.4. The van der Waals surface area contributed by atoms with E-state index < -0.39 is 0 Å². The molecule has 8 heteroatoms. The first-order chi connectivity index (χ1) is 22.0. The maximum absolute atomic E-state index is 12.2. The number of fused-ring (bicyclic) bond motifs is 1. The second-order valence-corrected chi connectivity index (χ2v) is 11.8. The van der Waals surface area contributed by atoms with Crippen molar-refractivity contribution >= 4 is 23.0 Å². The number of carbonyl (C=O) groups excluding carboxylic acids is 1. The molecule has 0 aliphatic carbocycles. The highest BCUT2D eigenvalue weighted by Gasteiger charge is 2.23. The lowest BCUT2D eigenvalue weighted by molar-refractivity contribution is -0.143. The SMILES string of the molecule is Cc1ccc(OCc2ccccc2)c(Cn2c(NC3CCN(CCOC(=O)Cc4ccccc4)CC3)nc3c(C)cccc32)n1. The van der Waals surface area contributed by atoms with Crippen molar-refractivity contribution in [1.29, 1.82) is 0 Å². The van der Waals surface area contributed by atoms with Crippen LogP contribution in [0.2, 0.25) is 0 Å². The molecule has 1 saturated heterocycles. The van der Waals surface area contributed by atoms with E-state index in [9.17, 15) is 4.79 Å². The smallest absolute Gasteiger partial charge is 0.310 e. The molecule has 5 aromatic rings. The minimum Gasteiger partial charge on any atom is -0.487 e. The fourth-order valence-corrected chi connectivity index (χ4v) is 5.87. The first-order valence-corrected chi connectivity index (χ1v) is 15.8. The molecule has 0 saturated carbocycles.